The maximum atomic E-state index is 14.6. The van der Waals surface area contributed by atoms with Crippen molar-refractivity contribution < 1.29 is 93.8 Å². The zero-order valence-corrected chi connectivity index (χ0v) is 37.2. The lowest BCUT2D eigenvalue weighted by Crippen LogP contribution is -2.67. The van der Waals surface area contributed by atoms with E-state index in [0.717, 1.165) is 38.5 Å². The molecule has 4 aliphatic carbocycles. The summed E-state index contributed by atoms with van der Waals surface area (Å²) in [7, 11) is 0. The van der Waals surface area contributed by atoms with Gasteiger partial charge in [-0.2, -0.15) is 0 Å². The van der Waals surface area contributed by atoms with Gasteiger partial charge in [0.05, 0.1) is 38.6 Å². The Labute approximate surface area is 373 Å². The van der Waals surface area contributed by atoms with E-state index in [1.165, 1.54) is 0 Å². The number of aliphatic hydroxyl groups excluding tert-OH is 10. The third-order valence-electron chi connectivity index (χ3n) is 18.2. The largest absolute Gasteiger partial charge is 0.394 e. The fourth-order valence-corrected chi connectivity index (χ4v) is 14.4. The molecule has 0 radical (unpaired) electrons. The van der Waals surface area contributed by atoms with Gasteiger partial charge in [-0.3, -0.25) is 4.79 Å². The van der Waals surface area contributed by atoms with E-state index in [-0.39, 0.29) is 47.2 Å². The Bertz CT molecular complexity index is 1650. The molecule has 0 amide bonds. The number of carbonyl (C=O) groups is 1. The molecular weight excluding hydrogens is 844 g/mol. The third kappa shape index (κ3) is 7.67. The molecule has 0 aromatic heterocycles. The van der Waals surface area contributed by atoms with Crippen LogP contribution in [0.2, 0.25) is 0 Å². The average molecular weight is 917 g/mol. The average Bonchev–Trinajstić information content (AvgIpc) is 3.73. The molecule has 0 aromatic rings. The first-order valence-corrected chi connectivity index (χ1v) is 23.8. The van der Waals surface area contributed by atoms with Crippen molar-refractivity contribution in [3.63, 3.8) is 0 Å². The standard InChI is InChI=1S/C45H72O19/c1-18-7-10-45(57-17-18)19(2)30-25(64-45)12-24-22-6-5-20-11-21(8-9-43(20,3)23(22)13-29(49)44(24,30)4)58-40-36(55)34(53)38(28(16-48)61-40)62-42-37(56)39(32(51)27(15-47)60-42)63-41-35(54)33(52)31(50)26(14-46)59-41/h18-28,30-42,46-48,50-56H,5-17H2,1-4H3/t18-,19+,20+,21+,22-,23+,24+,25+,26-,27-,28-,30+,31-,32-,33+,34-,35-,36-,37-,38+,39+,40-,41+,42+,43+,44-,45-/m1/s1. The van der Waals surface area contributed by atoms with Gasteiger partial charge in [-0.25, -0.2) is 0 Å². The summed E-state index contributed by atoms with van der Waals surface area (Å²) < 4.78 is 48.4. The zero-order chi connectivity index (χ0) is 45.8. The maximum absolute atomic E-state index is 14.6. The first-order chi connectivity index (χ1) is 30.4. The molecule has 0 aromatic carbocycles. The van der Waals surface area contributed by atoms with Gasteiger partial charge in [-0.05, 0) is 80.0 Å². The van der Waals surface area contributed by atoms with Gasteiger partial charge < -0.3 is 89.0 Å². The van der Waals surface area contributed by atoms with E-state index < -0.39 is 123 Å². The molecule has 0 bridgehead atoms. The van der Waals surface area contributed by atoms with Crippen LogP contribution < -0.4 is 0 Å². The molecule has 64 heavy (non-hydrogen) atoms. The minimum atomic E-state index is -1.92. The summed E-state index contributed by atoms with van der Waals surface area (Å²) >= 11 is 0. The van der Waals surface area contributed by atoms with E-state index >= 15 is 0 Å². The van der Waals surface area contributed by atoms with E-state index in [2.05, 4.69) is 27.7 Å². The number of ketones is 1. The van der Waals surface area contributed by atoms with Gasteiger partial charge >= 0.3 is 0 Å². The number of hydrogen-bond donors (Lipinski definition) is 10. The van der Waals surface area contributed by atoms with Crippen LogP contribution in [0.3, 0.4) is 0 Å². The second-order valence-corrected chi connectivity index (χ2v) is 21.4. The number of aliphatic hydroxyl groups is 10. The Balaban J connectivity index is 0.827. The van der Waals surface area contributed by atoms with E-state index in [1.807, 2.05) is 0 Å². The fourth-order valence-electron chi connectivity index (χ4n) is 14.4. The minimum absolute atomic E-state index is 0.0161. The Morgan fingerprint density at radius 3 is 1.94 bits per heavy atom. The molecular formula is C45H72O19. The summed E-state index contributed by atoms with van der Waals surface area (Å²) in [5.41, 5.74) is -0.547. The molecule has 9 fully saturated rings. The number of Topliss-reactive ketones (excluding diaryl/α,β-unsaturated/α-hetero) is 1. The van der Waals surface area contributed by atoms with Gasteiger partial charge in [0.25, 0.3) is 0 Å². The lowest BCUT2D eigenvalue weighted by molar-refractivity contribution is -0.382. The summed E-state index contributed by atoms with van der Waals surface area (Å²) in [6.45, 7) is 7.42. The molecule has 19 nitrogen and oxygen atoms in total. The van der Waals surface area contributed by atoms with Crippen molar-refractivity contribution in [1.82, 2.24) is 0 Å². The smallest absolute Gasteiger partial charge is 0.187 e. The molecule has 4 saturated carbocycles. The van der Waals surface area contributed by atoms with Crippen LogP contribution in [0.1, 0.15) is 85.5 Å². The molecule has 19 heteroatoms. The van der Waals surface area contributed by atoms with Gasteiger partial charge in [-0.15, -0.1) is 0 Å². The van der Waals surface area contributed by atoms with Gasteiger partial charge in [0.2, 0.25) is 0 Å². The normalized spacial score (nSPS) is 57.5. The molecule has 10 N–H and O–H groups in total. The highest BCUT2D eigenvalue weighted by molar-refractivity contribution is 5.87. The highest BCUT2D eigenvalue weighted by Crippen LogP contribution is 2.70. The van der Waals surface area contributed by atoms with Crippen molar-refractivity contribution >= 4 is 5.78 Å². The van der Waals surface area contributed by atoms with Crippen LogP contribution in [0.25, 0.3) is 0 Å². The Morgan fingerprint density at radius 1 is 0.641 bits per heavy atom. The van der Waals surface area contributed by atoms with Crippen molar-refractivity contribution in [3.8, 4) is 0 Å². The topological polar surface area (TPSA) is 293 Å². The summed E-state index contributed by atoms with van der Waals surface area (Å²) in [4.78, 5) is 14.6. The molecule has 27 atom stereocenters. The van der Waals surface area contributed by atoms with Crippen molar-refractivity contribution in [1.29, 1.82) is 0 Å². The maximum Gasteiger partial charge on any atom is 0.187 e. The van der Waals surface area contributed by atoms with Crippen molar-refractivity contribution in [2.24, 2.45) is 52.3 Å². The van der Waals surface area contributed by atoms with Gasteiger partial charge in [0.15, 0.2) is 24.7 Å². The van der Waals surface area contributed by atoms with Crippen LogP contribution in [0, 0.1) is 52.3 Å². The lowest BCUT2D eigenvalue weighted by atomic mass is 9.44. The van der Waals surface area contributed by atoms with Crippen LogP contribution in [-0.4, -0.2) is 193 Å². The van der Waals surface area contributed by atoms with Crippen molar-refractivity contribution in [3.05, 3.63) is 0 Å². The zero-order valence-electron chi connectivity index (χ0n) is 37.2. The van der Waals surface area contributed by atoms with E-state index in [4.69, 9.17) is 37.9 Å². The van der Waals surface area contributed by atoms with E-state index in [1.54, 1.807) is 0 Å². The van der Waals surface area contributed by atoms with Crippen LogP contribution in [0.5, 0.6) is 0 Å². The number of ether oxygens (including phenoxy) is 8. The van der Waals surface area contributed by atoms with Crippen LogP contribution >= 0.6 is 0 Å². The molecule has 9 rings (SSSR count). The molecule has 1 spiro atoms. The summed E-state index contributed by atoms with van der Waals surface area (Å²) in [5, 5.41) is 106. The number of rotatable bonds is 9. The summed E-state index contributed by atoms with van der Waals surface area (Å²) in [6, 6.07) is 0. The Morgan fingerprint density at radius 2 is 1.27 bits per heavy atom. The summed E-state index contributed by atoms with van der Waals surface area (Å²) in [5.74, 6) is 1.68. The van der Waals surface area contributed by atoms with E-state index in [9.17, 15) is 55.9 Å². The van der Waals surface area contributed by atoms with Gasteiger partial charge in [0, 0.05) is 30.1 Å². The SMILES string of the molecule is C[C@@H]1CC[C@@]2(OC1)O[C@H]1C[C@H]3[C@@H]4CC[C@H]5C[C@@H](O[C@@H]6O[C@H](CO)[C@H](O[C@@H]7O[C@H](CO)[C@@H](O)[C@H](O[C@@H]8O[C@H](CO)[C@@H](O)[C@H](O)[C@H]8O)[C@H]7O)[C@H](O)[C@H]6O)CC[C@]5(C)[C@H]4CC(=O)[C@]3(C)[C@H]1[C@@H]2C. The van der Waals surface area contributed by atoms with Crippen LogP contribution in [0.15, 0.2) is 0 Å². The van der Waals surface area contributed by atoms with Crippen LogP contribution in [0.4, 0.5) is 0 Å². The molecule has 366 valence electrons. The quantitative estimate of drug-likeness (QED) is 0.117. The summed E-state index contributed by atoms with van der Waals surface area (Å²) in [6.07, 6.45) is -17.7. The molecule has 5 saturated heterocycles. The predicted molar refractivity (Wildman–Crippen MR) is 216 cm³/mol. The minimum Gasteiger partial charge on any atom is -0.394 e. The second kappa shape index (κ2) is 18.0. The number of carbonyl (C=O) groups excluding carboxylic acids is 1. The number of fused-ring (bicyclic) bond motifs is 7. The Kier molecular flexibility index (Phi) is 13.5. The van der Waals surface area contributed by atoms with Gasteiger partial charge in [-0.1, -0.05) is 27.7 Å². The lowest BCUT2D eigenvalue weighted by Gasteiger charge is -2.60. The molecule has 9 aliphatic rings. The third-order valence-corrected chi connectivity index (χ3v) is 18.2. The Hall–Kier alpha value is -1.05. The van der Waals surface area contributed by atoms with Crippen molar-refractivity contribution in [2.75, 3.05) is 26.4 Å². The van der Waals surface area contributed by atoms with Gasteiger partial charge in [0.1, 0.15) is 79.0 Å². The monoisotopic (exact) mass is 916 g/mol. The first-order valence-electron chi connectivity index (χ1n) is 23.8. The van der Waals surface area contributed by atoms with Crippen LogP contribution in [-0.2, 0) is 42.7 Å². The first kappa shape index (κ1) is 48.0. The second-order valence-electron chi connectivity index (χ2n) is 21.4. The molecule has 5 heterocycles. The highest BCUT2D eigenvalue weighted by atomic mass is 16.8. The van der Waals surface area contributed by atoms with E-state index in [0.29, 0.717) is 43.5 Å². The fraction of sp³-hybridized carbons (Fsp3) is 0.978. The highest BCUT2D eigenvalue weighted by Gasteiger charge is 2.72. The number of hydrogen-bond acceptors (Lipinski definition) is 19. The molecule has 5 aliphatic heterocycles. The predicted octanol–water partition coefficient (Wildman–Crippen LogP) is -1.55. The van der Waals surface area contributed by atoms with Crippen molar-refractivity contribution in [2.45, 2.75) is 196 Å². The molecule has 0 unspecified atom stereocenters.